The Kier molecular flexibility index (Phi) is 4.91. The van der Waals surface area contributed by atoms with Gasteiger partial charge in [-0.15, -0.1) is 0 Å². The van der Waals surface area contributed by atoms with Crippen LogP contribution in [-0.2, 0) is 20.8 Å². The maximum atomic E-state index is 12.4. The van der Waals surface area contributed by atoms with E-state index in [0.29, 0.717) is 5.02 Å². The van der Waals surface area contributed by atoms with Crippen LogP contribution in [0.3, 0.4) is 0 Å². The Balaban J connectivity index is 1.71. The molecule has 0 aromatic heterocycles. The lowest BCUT2D eigenvalue weighted by Gasteiger charge is -2.26. The van der Waals surface area contributed by atoms with Crippen LogP contribution in [0.1, 0.15) is 29.9 Å². The van der Waals surface area contributed by atoms with Crippen LogP contribution in [0.4, 0.5) is 0 Å². The standard InChI is InChI=1S/C20H17ClO3/c21-16-8-6-14(7-9-16)15-11-18(23)20(19(24)12-15)17(22)10-13-4-2-1-3-5-13/h1-9,15,20H,10-12H2. The highest BCUT2D eigenvalue weighted by atomic mass is 35.5. The summed E-state index contributed by atoms with van der Waals surface area (Å²) in [4.78, 5) is 37.3. The van der Waals surface area contributed by atoms with E-state index < -0.39 is 5.92 Å². The smallest absolute Gasteiger partial charge is 0.155 e. The molecule has 0 unspecified atom stereocenters. The molecule has 1 aliphatic rings. The summed E-state index contributed by atoms with van der Waals surface area (Å²) < 4.78 is 0. The minimum atomic E-state index is -1.10. The van der Waals surface area contributed by atoms with E-state index in [0.717, 1.165) is 11.1 Å². The molecule has 0 aliphatic heterocycles. The van der Waals surface area contributed by atoms with Crippen molar-refractivity contribution in [1.82, 2.24) is 0 Å². The molecule has 0 N–H and O–H groups in total. The summed E-state index contributed by atoms with van der Waals surface area (Å²) in [7, 11) is 0. The quantitative estimate of drug-likeness (QED) is 0.796. The number of carbonyl (C=O) groups excluding carboxylic acids is 3. The lowest BCUT2D eigenvalue weighted by molar-refractivity contribution is -0.142. The van der Waals surface area contributed by atoms with E-state index in [9.17, 15) is 14.4 Å². The van der Waals surface area contributed by atoms with Gasteiger partial charge in [0.1, 0.15) is 5.92 Å². The zero-order chi connectivity index (χ0) is 17.1. The van der Waals surface area contributed by atoms with E-state index in [4.69, 9.17) is 11.6 Å². The van der Waals surface area contributed by atoms with Gasteiger partial charge in [-0.05, 0) is 29.2 Å². The van der Waals surface area contributed by atoms with Gasteiger partial charge in [-0.25, -0.2) is 0 Å². The average molecular weight is 341 g/mol. The molecule has 4 heteroatoms. The highest BCUT2D eigenvalue weighted by Crippen LogP contribution is 2.33. The van der Waals surface area contributed by atoms with Gasteiger partial charge < -0.3 is 0 Å². The number of halogens is 1. The van der Waals surface area contributed by atoms with Crippen molar-refractivity contribution in [3.63, 3.8) is 0 Å². The second-order valence-corrected chi connectivity index (χ2v) is 6.59. The molecule has 24 heavy (non-hydrogen) atoms. The van der Waals surface area contributed by atoms with Gasteiger partial charge in [-0.1, -0.05) is 54.1 Å². The van der Waals surface area contributed by atoms with Gasteiger partial charge in [0.15, 0.2) is 17.3 Å². The fourth-order valence-corrected chi connectivity index (χ4v) is 3.33. The summed E-state index contributed by atoms with van der Waals surface area (Å²) in [6.45, 7) is 0. The van der Waals surface area contributed by atoms with Crippen LogP contribution >= 0.6 is 11.6 Å². The van der Waals surface area contributed by atoms with Crippen molar-refractivity contribution in [2.75, 3.05) is 0 Å². The zero-order valence-corrected chi connectivity index (χ0v) is 13.8. The SMILES string of the molecule is O=C(Cc1ccccc1)C1C(=O)CC(c2ccc(Cl)cc2)CC1=O. The normalized spacial score (nSPS) is 20.9. The monoisotopic (exact) mass is 340 g/mol. The summed E-state index contributed by atoms with van der Waals surface area (Å²) in [5, 5.41) is 0.614. The number of Topliss-reactive ketones (excluding diaryl/α,β-unsaturated/α-hetero) is 3. The Morgan fingerprint density at radius 3 is 2.08 bits per heavy atom. The van der Waals surface area contributed by atoms with E-state index in [1.54, 1.807) is 12.1 Å². The summed E-state index contributed by atoms with van der Waals surface area (Å²) in [5.74, 6) is -2.11. The van der Waals surface area contributed by atoms with Gasteiger partial charge >= 0.3 is 0 Å². The van der Waals surface area contributed by atoms with Crippen molar-refractivity contribution in [3.05, 3.63) is 70.7 Å². The molecule has 1 fully saturated rings. The maximum Gasteiger partial charge on any atom is 0.155 e. The van der Waals surface area contributed by atoms with Crippen LogP contribution in [0.25, 0.3) is 0 Å². The van der Waals surface area contributed by atoms with Crippen molar-refractivity contribution in [3.8, 4) is 0 Å². The van der Waals surface area contributed by atoms with Crippen molar-refractivity contribution < 1.29 is 14.4 Å². The molecule has 0 amide bonds. The minimum absolute atomic E-state index is 0.120. The third-order valence-electron chi connectivity index (χ3n) is 4.42. The van der Waals surface area contributed by atoms with Crippen LogP contribution in [-0.4, -0.2) is 17.3 Å². The van der Waals surface area contributed by atoms with Crippen LogP contribution in [0.15, 0.2) is 54.6 Å². The number of ketones is 3. The summed E-state index contributed by atoms with van der Waals surface area (Å²) in [6, 6.07) is 16.4. The van der Waals surface area contributed by atoms with Crippen LogP contribution < -0.4 is 0 Å². The van der Waals surface area contributed by atoms with Gasteiger partial charge in [0.25, 0.3) is 0 Å². The van der Waals surface area contributed by atoms with Crippen LogP contribution in [0.5, 0.6) is 0 Å². The van der Waals surface area contributed by atoms with Crippen molar-refractivity contribution in [1.29, 1.82) is 0 Å². The Labute approximate surface area is 145 Å². The Hall–Kier alpha value is -2.26. The molecule has 0 atom stereocenters. The van der Waals surface area contributed by atoms with E-state index >= 15 is 0 Å². The predicted molar refractivity (Wildman–Crippen MR) is 92.1 cm³/mol. The molecule has 1 saturated carbocycles. The van der Waals surface area contributed by atoms with Crippen LogP contribution in [0, 0.1) is 5.92 Å². The van der Waals surface area contributed by atoms with Crippen molar-refractivity contribution in [2.24, 2.45) is 5.92 Å². The maximum absolute atomic E-state index is 12.4. The Morgan fingerprint density at radius 2 is 1.50 bits per heavy atom. The lowest BCUT2D eigenvalue weighted by Crippen LogP contribution is -2.38. The Morgan fingerprint density at radius 1 is 0.917 bits per heavy atom. The Bertz CT molecular complexity index is 747. The van der Waals surface area contributed by atoms with Gasteiger partial charge in [0, 0.05) is 24.3 Å². The molecule has 122 valence electrons. The first-order valence-corrected chi connectivity index (χ1v) is 8.30. The molecule has 0 heterocycles. The van der Waals surface area contributed by atoms with Gasteiger partial charge in [0.05, 0.1) is 0 Å². The fraction of sp³-hybridized carbons (Fsp3) is 0.250. The third-order valence-corrected chi connectivity index (χ3v) is 4.68. The molecule has 2 aromatic rings. The van der Waals surface area contributed by atoms with Crippen molar-refractivity contribution >= 4 is 29.0 Å². The first kappa shape index (κ1) is 16.6. The zero-order valence-electron chi connectivity index (χ0n) is 13.1. The summed E-state index contributed by atoms with van der Waals surface area (Å²) in [5.41, 5.74) is 1.73. The van der Waals surface area contributed by atoms with E-state index in [1.807, 2.05) is 42.5 Å². The minimum Gasteiger partial charge on any atom is -0.298 e. The number of hydrogen-bond acceptors (Lipinski definition) is 3. The van der Waals surface area contributed by atoms with Gasteiger partial charge in [-0.3, -0.25) is 14.4 Å². The lowest BCUT2D eigenvalue weighted by atomic mass is 9.74. The number of rotatable bonds is 4. The predicted octanol–water partition coefficient (Wildman–Crippen LogP) is 3.78. The second-order valence-electron chi connectivity index (χ2n) is 6.15. The first-order valence-electron chi connectivity index (χ1n) is 7.92. The molecular formula is C20H17ClO3. The molecule has 3 nitrogen and oxygen atoms in total. The average Bonchev–Trinajstić information content (AvgIpc) is 2.55. The molecule has 0 bridgehead atoms. The summed E-state index contributed by atoms with van der Waals surface area (Å²) in [6.07, 6.45) is 0.561. The van der Waals surface area contributed by atoms with E-state index in [-0.39, 0.29) is 42.5 Å². The molecule has 1 aliphatic carbocycles. The van der Waals surface area contributed by atoms with Gasteiger partial charge in [0.2, 0.25) is 0 Å². The van der Waals surface area contributed by atoms with Crippen LogP contribution in [0.2, 0.25) is 5.02 Å². The van der Waals surface area contributed by atoms with Gasteiger partial charge in [-0.2, -0.15) is 0 Å². The fourth-order valence-electron chi connectivity index (χ4n) is 3.20. The van der Waals surface area contributed by atoms with E-state index in [2.05, 4.69) is 0 Å². The summed E-state index contributed by atoms with van der Waals surface area (Å²) >= 11 is 5.87. The highest BCUT2D eigenvalue weighted by molar-refractivity contribution is 6.30. The molecule has 0 saturated heterocycles. The number of benzene rings is 2. The highest BCUT2D eigenvalue weighted by Gasteiger charge is 2.40. The number of hydrogen-bond donors (Lipinski definition) is 0. The topological polar surface area (TPSA) is 51.2 Å². The van der Waals surface area contributed by atoms with Crippen molar-refractivity contribution in [2.45, 2.75) is 25.2 Å². The third kappa shape index (κ3) is 3.62. The molecule has 2 aromatic carbocycles. The van der Waals surface area contributed by atoms with E-state index in [1.165, 1.54) is 0 Å². The molecule has 0 spiro atoms. The number of carbonyl (C=O) groups is 3. The second kappa shape index (κ2) is 7.10. The first-order chi connectivity index (χ1) is 11.5. The molecule has 0 radical (unpaired) electrons. The molecular weight excluding hydrogens is 324 g/mol. The molecule has 3 rings (SSSR count). The largest absolute Gasteiger partial charge is 0.298 e.